The van der Waals surface area contributed by atoms with Crippen LogP contribution >= 0.6 is 7.14 Å². The molecule has 4 atom stereocenters. The Morgan fingerprint density at radius 3 is 1.87 bits per heavy atom. The predicted octanol–water partition coefficient (Wildman–Crippen LogP) is 5.57. The number of ether oxygens (including phenoxy) is 1. The summed E-state index contributed by atoms with van der Waals surface area (Å²) in [6.07, 6.45) is 2.40. The van der Waals surface area contributed by atoms with Gasteiger partial charge in [0.05, 0.1) is 17.0 Å². The van der Waals surface area contributed by atoms with Crippen LogP contribution in [0, 0.1) is 5.92 Å². The van der Waals surface area contributed by atoms with Gasteiger partial charge < -0.3 is 9.30 Å². The van der Waals surface area contributed by atoms with E-state index in [1.807, 2.05) is 36.4 Å². The van der Waals surface area contributed by atoms with E-state index in [9.17, 15) is 0 Å². The van der Waals surface area contributed by atoms with Gasteiger partial charge in [-0.15, -0.1) is 0 Å². The summed E-state index contributed by atoms with van der Waals surface area (Å²) in [6.45, 7) is 4.15. The molecule has 0 aromatic heterocycles. The fourth-order valence-corrected chi connectivity index (χ4v) is 10.5. The molecule has 0 N–H and O–H groups in total. The van der Waals surface area contributed by atoms with Gasteiger partial charge in [0.25, 0.3) is 0 Å². The molecule has 0 spiro atoms. The summed E-state index contributed by atoms with van der Waals surface area (Å²) in [4.78, 5) is 0. The Labute approximate surface area is 178 Å². The Balaban J connectivity index is 1.62. The van der Waals surface area contributed by atoms with Crippen LogP contribution in [0.5, 0.6) is 0 Å². The lowest BCUT2D eigenvalue weighted by atomic mass is 9.98. The summed E-state index contributed by atoms with van der Waals surface area (Å²) in [6, 6.07) is 29.0. The summed E-state index contributed by atoms with van der Waals surface area (Å²) < 4.78 is 21.8. The second kappa shape index (κ2) is 6.22. The van der Waals surface area contributed by atoms with Crippen molar-refractivity contribution in [3.05, 3.63) is 108 Å². The van der Waals surface area contributed by atoms with Crippen LogP contribution in [-0.2, 0) is 9.30 Å². The van der Waals surface area contributed by atoms with Crippen LogP contribution < -0.4 is 10.6 Å². The molecule has 0 radical (unpaired) electrons. The molecule has 0 aliphatic heterocycles. The second-order valence-electron chi connectivity index (χ2n) is 8.97. The Kier molecular flexibility index (Phi) is 3.78. The third kappa shape index (κ3) is 2.08. The van der Waals surface area contributed by atoms with Crippen LogP contribution in [0.3, 0.4) is 0 Å². The first-order chi connectivity index (χ1) is 14.6. The molecule has 0 heterocycles. The molecule has 0 amide bonds. The van der Waals surface area contributed by atoms with Crippen LogP contribution in [-0.4, -0.2) is 11.3 Å². The molecular formula is C27H25O2P. The van der Waals surface area contributed by atoms with E-state index in [2.05, 4.69) is 68.5 Å². The minimum atomic E-state index is -2.95. The SMILES string of the molecule is CC(C)OC1=CC2c3ccccc3C3C1C23P(=O)(c1ccccc1)c1ccccc1. The van der Waals surface area contributed by atoms with Gasteiger partial charge in [0.1, 0.15) is 0 Å². The monoisotopic (exact) mass is 412 g/mol. The van der Waals surface area contributed by atoms with E-state index >= 15 is 4.57 Å². The molecule has 2 nitrogen and oxygen atoms in total. The molecule has 3 aliphatic rings. The Hall–Kier alpha value is -2.57. The first kappa shape index (κ1) is 18.2. The smallest absolute Gasteiger partial charge is 0.151 e. The zero-order chi connectivity index (χ0) is 20.5. The fraction of sp³-hybridized carbons (Fsp3) is 0.259. The number of allylic oxidation sites excluding steroid dienone is 2. The zero-order valence-electron chi connectivity index (χ0n) is 17.2. The summed E-state index contributed by atoms with van der Waals surface area (Å²) in [7, 11) is -2.95. The lowest BCUT2D eigenvalue weighted by molar-refractivity contribution is 0.136. The van der Waals surface area contributed by atoms with Crippen LogP contribution in [0.25, 0.3) is 0 Å². The maximum absolute atomic E-state index is 15.5. The minimum Gasteiger partial charge on any atom is -0.495 e. The lowest BCUT2D eigenvalue weighted by Gasteiger charge is -2.31. The van der Waals surface area contributed by atoms with Gasteiger partial charge in [-0.1, -0.05) is 84.9 Å². The van der Waals surface area contributed by atoms with Gasteiger partial charge in [-0.2, -0.15) is 0 Å². The van der Waals surface area contributed by atoms with Crippen molar-refractivity contribution in [3.8, 4) is 0 Å². The molecule has 3 aliphatic carbocycles. The van der Waals surface area contributed by atoms with Crippen molar-refractivity contribution in [1.29, 1.82) is 0 Å². The standard InChI is InChI=1S/C27H25O2P/c1-18(2)29-24-17-23-21-15-9-10-16-22(21)25-26(24)27(23,25)30(28,19-11-5-3-6-12-19)20-13-7-4-8-14-20/h3-18,23,25-26H,1-2H3. The third-order valence-corrected chi connectivity index (χ3v) is 11.2. The zero-order valence-corrected chi connectivity index (χ0v) is 18.1. The van der Waals surface area contributed by atoms with Gasteiger partial charge in [-0.25, -0.2) is 0 Å². The number of benzene rings is 3. The highest BCUT2D eigenvalue weighted by Crippen LogP contribution is 2.89. The molecule has 0 saturated heterocycles. The largest absolute Gasteiger partial charge is 0.495 e. The average Bonchev–Trinajstić information content (AvgIpc) is 3.31. The van der Waals surface area contributed by atoms with Crippen molar-refractivity contribution in [3.63, 3.8) is 0 Å². The molecule has 3 heteroatoms. The molecule has 150 valence electrons. The topological polar surface area (TPSA) is 26.3 Å². The first-order valence-corrected chi connectivity index (χ1v) is 12.5. The van der Waals surface area contributed by atoms with E-state index < -0.39 is 7.14 Å². The first-order valence-electron chi connectivity index (χ1n) is 10.8. The van der Waals surface area contributed by atoms with Crippen molar-refractivity contribution < 1.29 is 9.30 Å². The number of hydrogen-bond donors (Lipinski definition) is 0. The average molecular weight is 412 g/mol. The fourth-order valence-electron chi connectivity index (χ4n) is 6.26. The molecule has 1 saturated carbocycles. The number of fused-ring (bicyclic) bond motifs is 4. The minimum absolute atomic E-state index is 0.114. The van der Waals surface area contributed by atoms with Gasteiger partial charge in [0.15, 0.2) is 7.14 Å². The Bertz CT molecular complexity index is 1150. The summed E-state index contributed by atoms with van der Waals surface area (Å²) in [5.41, 5.74) is 2.69. The molecule has 4 unspecified atom stereocenters. The van der Waals surface area contributed by atoms with Crippen molar-refractivity contribution in [1.82, 2.24) is 0 Å². The molecule has 3 aromatic rings. The van der Waals surface area contributed by atoms with E-state index in [1.165, 1.54) is 11.1 Å². The Morgan fingerprint density at radius 1 is 0.767 bits per heavy atom. The molecule has 1 fully saturated rings. The van der Waals surface area contributed by atoms with E-state index in [0.29, 0.717) is 0 Å². The van der Waals surface area contributed by atoms with Crippen molar-refractivity contribution >= 4 is 17.8 Å². The highest BCUT2D eigenvalue weighted by atomic mass is 31.2. The maximum atomic E-state index is 15.5. The van der Waals surface area contributed by atoms with Gasteiger partial charge >= 0.3 is 0 Å². The quantitative estimate of drug-likeness (QED) is 0.512. The van der Waals surface area contributed by atoms with Crippen LogP contribution in [0.15, 0.2) is 96.8 Å². The van der Waals surface area contributed by atoms with Gasteiger partial charge in [-0.05, 0) is 31.1 Å². The summed E-state index contributed by atoms with van der Waals surface area (Å²) >= 11 is 0. The van der Waals surface area contributed by atoms with Gasteiger partial charge in [0.2, 0.25) is 0 Å². The highest BCUT2D eigenvalue weighted by Gasteiger charge is 2.84. The van der Waals surface area contributed by atoms with E-state index in [0.717, 1.165) is 16.4 Å². The molecule has 3 aromatic carbocycles. The lowest BCUT2D eigenvalue weighted by Crippen LogP contribution is -2.31. The maximum Gasteiger partial charge on any atom is 0.151 e. The van der Waals surface area contributed by atoms with Crippen molar-refractivity contribution in [2.24, 2.45) is 5.92 Å². The van der Waals surface area contributed by atoms with Crippen LogP contribution in [0.1, 0.15) is 36.8 Å². The molecule has 30 heavy (non-hydrogen) atoms. The molecular weight excluding hydrogens is 387 g/mol. The Morgan fingerprint density at radius 2 is 1.30 bits per heavy atom. The predicted molar refractivity (Wildman–Crippen MR) is 122 cm³/mol. The van der Waals surface area contributed by atoms with Crippen molar-refractivity contribution in [2.75, 3.05) is 0 Å². The van der Waals surface area contributed by atoms with Crippen molar-refractivity contribution in [2.45, 2.75) is 36.9 Å². The third-order valence-electron chi connectivity index (χ3n) is 7.18. The number of rotatable bonds is 5. The van der Waals surface area contributed by atoms with Gasteiger partial charge in [-0.3, -0.25) is 0 Å². The van der Waals surface area contributed by atoms with Crippen LogP contribution in [0.2, 0.25) is 0 Å². The highest BCUT2D eigenvalue weighted by molar-refractivity contribution is 7.80. The summed E-state index contributed by atoms with van der Waals surface area (Å²) in [5.74, 6) is 1.61. The normalized spacial score (nSPS) is 28.1. The van der Waals surface area contributed by atoms with Crippen LogP contribution in [0.4, 0.5) is 0 Å². The summed E-state index contributed by atoms with van der Waals surface area (Å²) in [5, 5.41) is 1.57. The van der Waals surface area contributed by atoms with E-state index in [1.54, 1.807) is 0 Å². The second-order valence-corrected chi connectivity index (χ2v) is 12.0. The number of hydrogen-bond acceptors (Lipinski definition) is 2. The van der Waals surface area contributed by atoms with E-state index in [-0.39, 0.29) is 29.0 Å². The van der Waals surface area contributed by atoms with E-state index in [4.69, 9.17) is 4.74 Å². The molecule has 6 rings (SSSR count). The van der Waals surface area contributed by atoms with Gasteiger partial charge in [0, 0.05) is 28.4 Å². The molecule has 0 bridgehead atoms.